The molecule has 2 heterocycles. The lowest BCUT2D eigenvalue weighted by molar-refractivity contribution is 0.0814. The summed E-state index contributed by atoms with van der Waals surface area (Å²) < 4.78 is 5.68. The number of likely N-dealkylation sites (N-methyl/N-ethyl adjacent to an activating group) is 1. The molecule has 3 nitrogen and oxygen atoms in total. The summed E-state index contributed by atoms with van der Waals surface area (Å²) in [6.07, 6.45) is 2.72. The summed E-state index contributed by atoms with van der Waals surface area (Å²) in [5.74, 6) is 0. The second kappa shape index (κ2) is 7.55. The first kappa shape index (κ1) is 16.0. The van der Waals surface area contributed by atoms with E-state index in [1.54, 1.807) is 0 Å². The highest BCUT2D eigenvalue weighted by Crippen LogP contribution is 2.25. The van der Waals surface area contributed by atoms with Gasteiger partial charge in [0.15, 0.2) is 0 Å². The van der Waals surface area contributed by atoms with E-state index in [-0.39, 0.29) is 0 Å². The lowest BCUT2D eigenvalue weighted by Gasteiger charge is -2.26. The van der Waals surface area contributed by atoms with Crippen LogP contribution < -0.4 is 5.32 Å². The monoisotopic (exact) mass is 296 g/mol. The molecule has 1 aliphatic heterocycles. The minimum Gasteiger partial charge on any atom is -0.377 e. The first-order valence-electron chi connectivity index (χ1n) is 7.72. The van der Waals surface area contributed by atoms with Gasteiger partial charge in [-0.15, -0.1) is 11.3 Å². The van der Waals surface area contributed by atoms with Crippen molar-refractivity contribution in [1.29, 1.82) is 0 Å². The number of nitrogens with zero attached hydrogens (tertiary/aromatic N) is 1. The van der Waals surface area contributed by atoms with Gasteiger partial charge >= 0.3 is 0 Å². The van der Waals surface area contributed by atoms with Crippen molar-refractivity contribution in [2.45, 2.75) is 58.8 Å². The maximum Gasteiger partial charge on any atom is 0.0703 e. The van der Waals surface area contributed by atoms with Crippen molar-refractivity contribution in [3.8, 4) is 0 Å². The number of aryl methyl sites for hydroxylation is 1. The Hall–Kier alpha value is -0.420. The molecule has 0 aliphatic carbocycles. The van der Waals surface area contributed by atoms with Crippen LogP contribution >= 0.6 is 11.3 Å². The number of hydrogen-bond donors (Lipinski definition) is 1. The molecule has 4 heteroatoms. The molecule has 1 aromatic heterocycles. The maximum absolute atomic E-state index is 5.68. The van der Waals surface area contributed by atoms with Crippen LogP contribution in [-0.4, -0.2) is 37.2 Å². The SMILES string of the molecule is CCCNCc1cc(CN(C)C2CCOC2C)c(C)s1. The molecule has 114 valence electrons. The molecule has 0 amide bonds. The van der Waals surface area contributed by atoms with Crippen LogP contribution in [0.25, 0.3) is 0 Å². The Morgan fingerprint density at radius 3 is 2.95 bits per heavy atom. The van der Waals surface area contributed by atoms with Gasteiger partial charge in [0.05, 0.1) is 6.10 Å². The van der Waals surface area contributed by atoms with Gasteiger partial charge in [-0.2, -0.15) is 0 Å². The van der Waals surface area contributed by atoms with Crippen molar-refractivity contribution in [3.63, 3.8) is 0 Å². The van der Waals surface area contributed by atoms with E-state index in [0.29, 0.717) is 12.1 Å². The largest absolute Gasteiger partial charge is 0.377 e. The molecular weight excluding hydrogens is 268 g/mol. The van der Waals surface area contributed by atoms with Crippen LogP contribution in [-0.2, 0) is 17.8 Å². The molecule has 1 fully saturated rings. The van der Waals surface area contributed by atoms with E-state index in [9.17, 15) is 0 Å². The minimum absolute atomic E-state index is 0.365. The fourth-order valence-electron chi connectivity index (χ4n) is 2.91. The van der Waals surface area contributed by atoms with Crippen molar-refractivity contribution in [2.24, 2.45) is 0 Å². The van der Waals surface area contributed by atoms with E-state index < -0.39 is 0 Å². The van der Waals surface area contributed by atoms with Gasteiger partial charge in [0.2, 0.25) is 0 Å². The Labute approximate surface area is 127 Å². The van der Waals surface area contributed by atoms with Gasteiger partial charge in [-0.05, 0) is 51.9 Å². The van der Waals surface area contributed by atoms with E-state index in [1.807, 2.05) is 11.3 Å². The standard InChI is InChI=1S/C16H28N2OS/c1-5-7-17-10-15-9-14(13(3)20-15)11-18(4)16-6-8-19-12(16)2/h9,12,16-17H,5-8,10-11H2,1-4H3. The van der Waals surface area contributed by atoms with Crippen LogP contribution in [0.4, 0.5) is 0 Å². The quantitative estimate of drug-likeness (QED) is 0.782. The summed E-state index contributed by atoms with van der Waals surface area (Å²) >= 11 is 1.93. The summed E-state index contributed by atoms with van der Waals surface area (Å²) in [5, 5.41) is 3.48. The summed E-state index contributed by atoms with van der Waals surface area (Å²) in [5.41, 5.74) is 1.48. The third-order valence-electron chi connectivity index (χ3n) is 4.12. The zero-order chi connectivity index (χ0) is 14.5. The van der Waals surface area contributed by atoms with Crippen LogP contribution in [0.15, 0.2) is 6.07 Å². The van der Waals surface area contributed by atoms with Crippen molar-refractivity contribution in [1.82, 2.24) is 10.2 Å². The van der Waals surface area contributed by atoms with E-state index in [0.717, 1.165) is 32.7 Å². The fraction of sp³-hybridized carbons (Fsp3) is 0.750. The molecule has 2 unspecified atom stereocenters. The first-order valence-corrected chi connectivity index (χ1v) is 8.54. The fourth-order valence-corrected chi connectivity index (χ4v) is 3.93. The van der Waals surface area contributed by atoms with E-state index in [1.165, 1.54) is 21.7 Å². The predicted octanol–water partition coefficient (Wildman–Crippen LogP) is 3.17. The highest BCUT2D eigenvalue weighted by molar-refractivity contribution is 7.12. The Morgan fingerprint density at radius 1 is 1.50 bits per heavy atom. The zero-order valence-corrected chi connectivity index (χ0v) is 14.1. The van der Waals surface area contributed by atoms with Crippen molar-refractivity contribution < 1.29 is 4.74 Å². The maximum atomic E-state index is 5.68. The highest BCUT2D eigenvalue weighted by atomic mass is 32.1. The molecule has 0 spiro atoms. The van der Waals surface area contributed by atoms with Crippen LogP contribution in [0.3, 0.4) is 0 Å². The molecule has 0 saturated carbocycles. The normalized spacial score (nSPS) is 22.9. The van der Waals surface area contributed by atoms with E-state index in [2.05, 4.69) is 44.1 Å². The zero-order valence-electron chi connectivity index (χ0n) is 13.2. The molecule has 0 radical (unpaired) electrons. The van der Waals surface area contributed by atoms with Gasteiger partial charge in [-0.1, -0.05) is 6.92 Å². The van der Waals surface area contributed by atoms with Crippen molar-refractivity contribution >= 4 is 11.3 Å². The Bertz CT molecular complexity index is 419. The van der Waals surface area contributed by atoms with Crippen molar-refractivity contribution in [3.05, 3.63) is 21.4 Å². The first-order chi connectivity index (χ1) is 9.61. The topological polar surface area (TPSA) is 24.5 Å². The van der Waals surface area contributed by atoms with Gasteiger partial charge in [-0.25, -0.2) is 0 Å². The third-order valence-corrected chi connectivity index (χ3v) is 5.21. The van der Waals surface area contributed by atoms with Crippen LogP contribution in [0.5, 0.6) is 0 Å². The van der Waals surface area contributed by atoms with Gasteiger partial charge in [0.25, 0.3) is 0 Å². The summed E-state index contributed by atoms with van der Waals surface area (Å²) in [7, 11) is 2.22. The summed E-state index contributed by atoms with van der Waals surface area (Å²) in [4.78, 5) is 5.36. The second-order valence-electron chi connectivity index (χ2n) is 5.82. The lowest BCUT2D eigenvalue weighted by atomic mass is 10.1. The van der Waals surface area contributed by atoms with Gasteiger partial charge < -0.3 is 10.1 Å². The lowest BCUT2D eigenvalue weighted by Crippen LogP contribution is -2.36. The Balaban J connectivity index is 1.91. The van der Waals surface area contributed by atoms with E-state index >= 15 is 0 Å². The Morgan fingerprint density at radius 2 is 2.30 bits per heavy atom. The molecular formula is C16H28N2OS. The van der Waals surface area contributed by atoms with Gasteiger partial charge in [0, 0.05) is 35.5 Å². The molecule has 1 aliphatic rings. The molecule has 1 aromatic rings. The number of ether oxygens (including phenoxy) is 1. The number of nitrogens with one attached hydrogen (secondary N) is 1. The number of thiophene rings is 1. The van der Waals surface area contributed by atoms with Crippen LogP contribution in [0.1, 0.15) is 42.0 Å². The van der Waals surface area contributed by atoms with Gasteiger partial charge in [-0.3, -0.25) is 4.90 Å². The molecule has 1 saturated heterocycles. The molecule has 20 heavy (non-hydrogen) atoms. The number of rotatable bonds is 7. The Kier molecular flexibility index (Phi) is 6.02. The molecule has 2 atom stereocenters. The average molecular weight is 296 g/mol. The molecule has 0 bridgehead atoms. The molecule has 2 rings (SSSR count). The van der Waals surface area contributed by atoms with E-state index in [4.69, 9.17) is 4.74 Å². The highest BCUT2D eigenvalue weighted by Gasteiger charge is 2.28. The molecule has 1 N–H and O–H groups in total. The van der Waals surface area contributed by atoms with Crippen LogP contribution in [0.2, 0.25) is 0 Å². The average Bonchev–Trinajstić information content (AvgIpc) is 2.97. The third kappa shape index (κ3) is 4.04. The molecule has 0 aromatic carbocycles. The predicted molar refractivity (Wildman–Crippen MR) is 86.3 cm³/mol. The minimum atomic E-state index is 0.365. The smallest absolute Gasteiger partial charge is 0.0703 e. The second-order valence-corrected chi connectivity index (χ2v) is 7.16. The van der Waals surface area contributed by atoms with Gasteiger partial charge in [0.1, 0.15) is 0 Å². The number of hydrogen-bond acceptors (Lipinski definition) is 4. The van der Waals surface area contributed by atoms with Crippen molar-refractivity contribution in [2.75, 3.05) is 20.2 Å². The van der Waals surface area contributed by atoms with Crippen LogP contribution in [0, 0.1) is 6.92 Å². The summed E-state index contributed by atoms with van der Waals surface area (Å²) in [6, 6.07) is 2.94. The summed E-state index contributed by atoms with van der Waals surface area (Å²) in [6.45, 7) is 10.7.